The summed E-state index contributed by atoms with van der Waals surface area (Å²) in [5, 5.41) is 6.66. The Hall–Kier alpha value is -1.59. The fraction of sp³-hybridized carbons (Fsp3) is 0.800. The topological polar surface area (TPSA) is 66.0 Å². The van der Waals surface area contributed by atoms with Crippen LogP contribution >= 0.6 is 0 Å². The van der Waals surface area contributed by atoms with E-state index in [0.717, 1.165) is 25.8 Å². The van der Waals surface area contributed by atoms with Crippen molar-refractivity contribution in [1.29, 1.82) is 0 Å². The summed E-state index contributed by atoms with van der Waals surface area (Å²) in [7, 11) is 3.88. The highest BCUT2D eigenvalue weighted by molar-refractivity contribution is 5.43. The third kappa shape index (κ3) is 5.36. The van der Waals surface area contributed by atoms with E-state index >= 15 is 0 Å². The molecule has 0 aliphatic rings. The van der Waals surface area contributed by atoms with Gasteiger partial charge in [-0.2, -0.15) is 15.0 Å². The predicted octanol–water partition coefficient (Wildman–Crippen LogP) is 3.00. The summed E-state index contributed by atoms with van der Waals surface area (Å²) in [4.78, 5) is 15.3. The summed E-state index contributed by atoms with van der Waals surface area (Å²) in [6.45, 7) is 9.61. The van der Waals surface area contributed by atoms with E-state index in [9.17, 15) is 0 Å². The lowest BCUT2D eigenvalue weighted by Crippen LogP contribution is -2.27. The highest BCUT2D eigenvalue weighted by Crippen LogP contribution is 2.18. The second-order valence-electron chi connectivity index (χ2n) is 5.61. The number of hydrogen-bond acceptors (Lipinski definition) is 6. The molecule has 6 heteroatoms. The van der Waals surface area contributed by atoms with Crippen molar-refractivity contribution in [1.82, 2.24) is 15.0 Å². The van der Waals surface area contributed by atoms with Gasteiger partial charge in [-0.15, -0.1) is 0 Å². The molecule has 1 aromatic heterocycles. The van der Waals surface area contributed by atoms with Gasteiger partial charge in [-0.25, -0.2) is 0 Å². The first-order valence-electron chi connectivity index (χ1n) is 7.95. The first-order chi connectivity index (χ1) is 10.0. The number of rotatable bonds is 9. The Bertz CT molecular complexity index is 417. The SMILES string of the molecule is CCCNc1nc(NC(C)C(CC)CC)nc(N(C)C)n1. The van der Waals surface area contributed by atoms with Crippen LogP contribution in [0.3, 0.4) is 0 Å². The molecule has 0 fully saturated rings. The van der Waals surface area contributed by atoms with Gasteiger partial charge in [0.25, 0.3) is 0 Å². The molecule has 6 nitrogen and oxygen atoms in total. The lowest BCUT2D eigenvalue weighted by atomic mass is 9.96. The van der Waals surface area contributed by atoms with Crippen LogP contribution in [0.4, 0.5) is 17.8 Å². The first-order valence-corrected chi connectivity index (χ1v) is 7.95. The molecular formula is C15H30N6. The van der Waals surface area contributed by atoms with Crippen molar-refractivity contribution in [2.75, 3.05) is 36.2 Å². The van der Waals surface area contributed by atoms with Crippen molar-refractivity contribution in [2.45, 2.75) is 53.0 Å². The molecule has 0 saturated carbocycles. The first kappa shape index (κ1) is 17.5. The molecule has 1 atom stereocenters. The van der Waals surface area contributed by atoms with Crippen molar-refractivity contribution in [2.24, 2.45) is 5.92 Å². The minimum atomic E-state index is 0.344. The zero-order valence-electron chi connectivity index (χ0n) is 14.3. The Morgan fingerprint density at radius 3 is 2.14 bits per heavy atom. The van der Waals surface area contributed by atoms with Crippen molar-refractivity contribution in [3.8, 4) is 0 Å². The maximum absolute atomic E-state index is 4.48. The predicted molar refractivity (Wildman–Crippen MR) is 90.1 cm³/mol. The smallest absolute Gasteiger partial charge is 0.231 e. The Morgan fingerprint density at radius 2 is 1.62 bits per heavy atom. The molecule has 0 aliphatic carbocycles. The summed E-state index contributed by atoms with van der Waals surface area (Å²) in [6.07, 6.45) is 3.34. The van der Waals surface area contributed by atoms with Gasteiger partial charge in [0.15, 0.2) is 0 Å². The molecule has 0 radical (unpaired) electrons. The van der Waals surface area contributed by atoms with E-state index in [2.05, 4.69) is 53.3 Å². The van der Waals surface area contributed by atoms with Gasteiger partial charge in [0.2, 0.25) is 17.8 Å². The molecule has 21 heavy (non-hydrogen) atoms. The van der Waals surface area contributed by atoms with Crippen LogP contribution in [-0.4, -0.2) is 41.6 Å². The molecule has 1 heterocycles. The van der Waals surface area contributed by atoms with Crippen LogP contribution < -0.4 is 15.5 Å². The molecule has 1 aromatic rings. The second-order valence-corrected chi connectivity index (χ2v) is 5.61. The van der Waals surface area contributed by atoms with E-state index in [0.29, 0.717) is 29.8 Å². The lowest BCUT2D eigenvalue weighted by molar-refractivity contribution is 0.436. The average Bonchev–Trinajstić information content (AvgIpc) is 2.46. The number of hydrogen-bond donors (Lipinski definition) is 2. The normalized spacial score (nSPS) is 12.3. The van der Waals surface area contributed by atoms with Gasteiger partial charge in [0.05, 0.1) is 0 Å². The number of nitrogens with zero attached hydrogens (tertiary/aromatic N) is 4. The summed E-state index contributed by atoms with van der Waals surface area (Å²) >= 11 is 0. The van der Waals surface area contributed by atoms with E-state index in [1.54, 1.807) is 0 Å². The van der Waals surface area contributed by atoms with E-state index in [4.69, 9.17) is 0 Å². The van der Waals surface area contributed by atoms with Gasteiger partial charge in [0, 0.05) is 26.7 Å². The fourth-order valence-corrected chi connectivity index (χ4v) is 2.26. The maximum atomic E-state index is 4.48. The second kappa shape index (κ2) is 8.64. The van der Waals surface area contributed by atoms with Crippen LogP contribution in [0, 0.1) is 5.92 Å². The van der Waals surface area contributed by atoms with Crippen molar-refractivity contribution >= 4 is 17.8 Å². The van der Waals surface area contributed by atoms with Gasteiger partial charge in [-0.3, -0.25) is 0 Å². The highest BCUT2D eigenvalue weighted by Gasteiger charge is 2.16. The zero-order chi connectivity index (χ0) is 15.8. The van der Waals surface area contributed by atoms with Crippen LogP contribution in [-0.2, 0) is 0 Å². The zero-order valence-corrected chi connectivity index (χ0v) is 14.3. The Balaban J connectivity index is 2.91. The van der Waals surface area contributed by atoms with Crippen LogP contribution in [0.25, 0.3) is 0 Å². The number of aromatic nitrogens is 3. The summed E-state index contributed by atoms with van der Waals surface area (Å²) in [5.41, 5.74) is 0. The van der Waals surface area contributed by atoms with Crippen LogP contribution in [0.5, 0.6) is 0 Å². The molecule has 120 valence electrons. The van der Waals surface area contributed by atoms with Gasteiger partial charge >= 0.3 is 0 Å². The monoisotopic (exact) mass is 294 g/mol. The molecule has 0 amide bonds. The largest absolute Gasteiger partial charge is 0.354 e. The molecule has 0 bridgehead atoms. The Morgan fingerprint density at radius 1 is 1.00 bits per heavy atom. The molecule has 0 spiro atoms. The Labute approximate surface area is 128 Å². The standard InChI is InChI=1S/C15H30N6/c1-7-10-16-13-18-14(20-15(19-13)21(5)6)17-11(4)12(8-2)9-3/h11-12H,7-10H2,1-6H3,(H2,16,17,18,19,20). The van der Waals surface area contributed by atoms with Gasteiger partial charge in [0.1, 0.15) is 0 Å². The van der Waals surface area contributed by atoms with E-state index < -0.39 is 0 Å². The molecule has 1 rings (SSSR count). The molecule has 1 unspecified atom stereocenters. The quantitative estimate of drug-likeness (QED) is 0.730. The number of nitrogens with one attached hydrogen (secondary N) is 2. The van der Waals surface area contributed by atoms with E-state index in [-0.39, 0.29) is 0 Å². The third-order valence-corrected chi connectivity index (χ3v) is 3.67. The van der Waals surface area contributed by atoms with E-state index in [1.165, 1.54) is 0 Å². The molecule has 0 aliphatic heterocycles. The summed E-state index contributed by atoms with van der Waals surface area (Å²) < 4.78 is 0. The molecular weight excluding hydrogens is 264 g/mol. The van der Waals surface area contributed by atoms with Crippen molar-refractivity contribution in [3.63, 3.8) is 0 Å². The highest BCUT2D eigenvalue weighted by atomic mass is 15.3. The minimum Gasteiger partial charge on any atom is -0.354 e. The van der Waals surface area contributed by atoms with Crippen LogP contribution in [0.2, 0.25) is 0 Å². The number of anilines is 3. The maximum Gasteiger partial charge on any atom is 0.231 e. The van der Waals surface area contributed by atoms with E-state index in [1.807, 2.05) is 19.0 Å². The van der Waals surface area contributed by atoms with Crippen LogP contribution in [0.1, 0.15) is 47.0 Å². The lowest BCUT2D eigenvalue weighted by Gasteiger charge is -2.23. The van der Waals surface area contributed by atoms with Crippen molar-refractivity contribution in [3.05, 3.63) is 0 Å². The Kier molecular flexibility index (Phi) is 7.19. The van der Waals surface area contributed by atoms with Gasteiger partial charge < -0.3 is 15.5 Å². The average molecular weight is 294 g/mol. The van der Waals surface area contributed by atoms with Gasteiger partial charge in [-0.1, -0.05) is 33.6 Å². The minimum absolute atomic E-state index is 0.344. The summed E-state index contributed by atoms with van der Waals surface area (Å²) in [6, 6.07) is 0.344. The van der Waals surface area contributed by atoms with Gasteiger partial charge in [-0.05, 0) is 19.3 Å². The molecule has 0 aromatic carbocycles. The van der Waals surface area contributed by atoms with Crippen molar-refractivity contribution < 1.29 is 0 Å². The third-order valence-electron chi connectivity index (χ3n) is 3.67. The fourth-order valence-electron chi connectivity index (χ4n) is 2.26. The molecule has 0 saturated heterocycles. The molecule has 2 N–H and O–H groups in total. The van der Waals surface area contributed by atoms with Crippen LogP contribution in [0.15, 0.2) is 0 Å². The summed E-state index contributed by atoms with van der Waals surface area (Å²) in [5.74, 6) is 2.57.